The first-order chi connectivity index (χ1) is 10.7. The average molecular weight is 411 g/mol. The van der Waals surface area contributed by atoms with Gasteiger partial charge in [0.05, 0.1) is 0 Å². The van der Waals surface area contributed by atoms with E-state index in [1.54, 1.807) is 0 Å². The Bertz CT molecular complexity index is 474. The van der Waals surface area contributed by atoms with Crippen molar-refractivity contribution in [1.29, 1.82) is 0 Å². The number of halogens is 1. The fourth-order valence-electron chi connectivity index (χ4n) is 1.78. The fourth-order valence-corrected chi connectivity index (χ4v) is 4.05. The van der Waals surface area contributed by atoms with Gasteiger partial charge in [-0.25, -0.2) is 0 Å². The topological polar surface area (TPSA) is 37.3 Å². The molecular formula is C19H24IO2-. The summed E-state index contributed by atoms with van der Waals surface area (Å²) in [5.41, 5.74) is 0. The van der Waals surface area contributed by atoms with E-state index in [1.807, 2.05) is 0 Å². The normalized spacial score (nSPS) is 9.86. The number of benzene rings is 2. The van der Waals surface area contributed by atoms with Gasteiger partial charge in [0.15, 0.2) is 0 Å². The first-order valence-electron chi connectivity index (χ1n) is 7.69. The van der Waals surface area contributed by atoms with E-state index in [9.17, 15) is 4.79 Å². The van der Waals surface area contributed by atoms with Crippen molar-refractivity contribution in [3.05, 3.63) is 67.8 Å². The number of aliphatic carboxylic acids is 1. The van der Waals surface area contributed by atoms with Gasteiger partial charge < -0.3 is 5.11 Å². The molecule has 2 aromatic rings. The Morgan fingerprint density at radius 2 is 1.36 bits per heavy atom. The summed E-state index contributed by atoms with van der Waals surface area (Å²) in [6, 6.07) is 21.4. The van der Waals surface area contributed by atoms with Gasteiger partial charge in [0.1, 0.15) is 0 Å². The molecule has 0 bridgehead atoms. The summed E-state index contributed by atoms with van der Waals surface area (Å²) < 4.78 is 2.96. The number of rotatable bonds is 7. The molecule has 0 saturated heterocycles. The van der Waals surface area contributed by atoms with Gasteiger partial charge in [-0.3, -0.25) is 4.79 Å². The monoisotopic (exact) mass is 411 g/mol. The molecule has 3 heteroatoms. The molecule has 0 aliphatic carbocycles. The molecule has 0 radical (unpaired) electrons. The van der Waals surface area contributed by atoms with Crippen LogP contribution in [0.5, 0.6) is 0 Å². The van der Waals surface area contributed by atoms with Crippen molar-refractivity contribution in [3.8, 4) is 0 Å². The summed E-state index contributed by atoms with van der Waals surface area (Å²) in [5.74, 6) is -0.675. The SMILES string of the molecule is CCCCCCC(=O)O.c1ccc([I-]c2ccccc2)cc1. The molecule has 0 fully saturated rings. The van der Waals surface area contributed by atoms with Crippen LogP contribution in [0.25, 0.3) is 0 Å². The summed E-state index contributed by atoms with van der Waals surface area (Å²) in [6.07, 6.45) is 4.55. The molecule has 0 atom stereocenters. The van der Waals surface area contributed by atoms with E-state index in [1.165, 1.54) is 13.6 Å². The number of carboxylic acid groups (broad SMARTS) is 1. The Balaban J connectivity index is 0.000000239. The Morgan fingerprint density at radius 1 is 0.864 bits per heavy atom. The molecule has 120 valence electrons. The Morgan fingerprint density at radius 3 is 1.77 bits per heavy atom. The van der Waals surface area contributed by atoms with E-state index in [0.29, 0.717) is 6.42 Å². The zero-order valence-corrected chi connectivity index (χ0v) is 15.2. The second-order valence-corrected chi connectivity index (χ2v) is 7.92. The number of hydrogen-bond acceptors (Lipinski definition) is 1. The van der Waals surface area contributed by atoms with Crippen LogP contribution in [0.2, 0.25) is 0 Å². The zero-order valence-electron chi connectivity index (χ0n) is 13.0. The summed E-state index contributed by atoms with van der Waals surface area (Å²) in [6.45, 7) is 2.11. The van der Waals surface area contributed by atoms with Gasteiger partial charge in [0.25, 0.3) is 0 Å². The fraction of sp³-hybridized carbons (Fsp3) is 0.316. The van der Waals surface area contributed by atoms with Crippen molar-refractivity contribution in [1.82, 2.24) is 0 Å². The van der Waals surface area contributed by atoms with Crippen LogP contribution in [0.4, 0.5) is 0 Å². The van der Waals surface area contributed by atoms with Crippen molar-refractivity contribution in [3.63, 3.8) is 0 Å². The van der Waals surface area contributed by atoms with Gasteiger partial charge in [0, 0.05) is 6.42 Å². The molecule has 0 heterocycles. The maximum absolute atomic E-state index is 9.96. The van der Waals surface area contributed by atoms with Crippen LogP contribution in [0, 0.1) is 7.14 Å². The van der Waals surface area contributed by atoms with Crippen molar-refractivity contribution < 1.29 is 31.1 Å². The van der Waals surface area contributed by atoms with Gasteiger partial charge in [-0.05, 0) is 6.42 Å². The van der Waals surface area contributed by atoms with Crippen LogP contribution >= 0.6 is 0 Å². The first-order valence-corrected chi connectivity index (χ1v) is 9.85. The Kier molecular flexibility index (Phi) is 10.4. The van der Waals surface area contributed by atoms with Crippen molar-refractivity contribution in [2.45, 2.75) is 39.0 Å². The van der Waals surface area contributed by atoms with Crippen molar-refractivity contribution in [2.75, 3.05) is 0 Å². The molecule has 2 nitrogen and oxygen atoms in total. The standard InChI is InChI=1S/C12H10I.C7H14O2/c1-3-7-11(8-4-1)13-12-9-5-2-6-10-12;1-2-3-4-5-6-7(8)9/h1-10H;2-6H2,1H3,(H,8,9)/q-1;. The van der Waals surface area contributed by atoms with Crippen LogP contribution in [-0.2, 0) is 4.79 Å². The molecular weight excluding hydrogens is 387 g/mol. The van der Waals surface area contributed by atoms with Crippen LogP contribution < -0.4 is 21.2 Å². The molecule has 0 aliphatic heterocycles. The Hall–Kier alpha value is -1.36. The molecule has 0 spiro atoms. The van der Waals surface area contributed by atoms with Gasteiger partial charge >= 0.3 is 95.0 Å². The molecule has 2 rings (SSSR count). The van der Waals surface area contributed by atoms with E-state index in [4.69, 9.17) is 5.11 Å². The van der Waals surface area contributed by atoms with Crippen molar-refractivity contribution >= 4 is 5.97 Å². The van der Waals surface area contributed by atoms with Crippen LogP contribution in [0.15, 0.2) is 60.7 Å². The van der Waals surface area contributed by atoms with Gasteiger partial charge in [-0.2, -0.15) is 0 Å². The third-order valence-electron chi connectivity index (χ3n) is 2.93. The molecule has 0 aromatic heterocycles. The quantitative estimate of drug-likeness (QED) is 0.558. The molecule has 0 aliphatic rings. The van der Waals surface area contributed by atoms with E-state index < -0.39 is 5.97 Å². The van der Waals surface area contributed by atoms with Gasteiger partial charge in [-0.15, -0.1) is 0 Å². The summed E-state index contributed by atoms with van der Waals surface area (Å²) in [4.78, 5) is 9.96. The second-order valence-electron chi connectivity index (χ2n) is 4.89. The summed E-state index contributed by atoms with van der Waals surface area (Å²) in [7, 11) is 0. The van der Waals surface area contributed by atoms with E-state index in [-0.39, 0.29) is 21.2 Å². The van der Waals surface area contributed by atoms with Crippen LogP contribution in [0.3, 0.4) is 0 Å². The first kappa shape index (κ1) is 18.7. The molecule has 0 saturated carbocycles. The third-order valence-corrected chi connectivity index (χ3v) is 5.61. The van der Waals surface area contributed by atoms with Crippen LogP contribution in [-0.4, -0.2) is 11.1 Å². The van der Waals surface area contributed by atoms with Crippen LogP contribution in [0.1, 0.15) is 39.0 Å². The third kappa shape index (κ3) is 9.55. The van der Waals surface area contributed by atoms with E-state index >= 15 is 0 Å². The summed E-state index contributed by atoms with van der Waals surface area (Å²) in [5, 5.41) is 8.21. The predicted molar refractivity (Wildman–Crippen MR) is 86.7 cm³/mol. The number of hydrogen-bond donors (Lipinski definition) is 1. The zero-order chi connectivity index (χ0) is 16.0. The Labute approximate surface area is 143 Å². The molecule has 0 amide bonds. The minimum atomic E-state index is -0.675. The molecule has 0 unspecified atom stereocenters. The minimum absolute atomic E-state index is 0.0287. The van der Waals surface area contributed by atoms with E-state index in [0.717, 1.165) is 19.3 Å². The van der Waals surface area contributed by atoms with Gasteiger partial charge in [-0.1, -0.05) is 26.2 Å². The number of carboxylic acids is 1. The molecule has 2 aromatic carbocycles. The maximum atomic E-state index is 9.96. The number of carbonyl (C=O) groups is 1. The molecule has 22 heavy (non-hydrogen) atoms. The molecule has 1 N–H and O–H groups in total. The van der Waals surface area contributed by atoms with E-state index in [2.05, 4.69) is 67.6 Å². The van der Waals surface area contributed by atoms with Crippen molar-refractivity contribution in [2.24, 2.45) is 0 Å². The van der Waals surface area contributed by atoms with Gasteiger partial charge in [0.2, 0.25) is 0 Å². The summed E-state index contributed by atoms with van der Waals surface area (Å²) >= 11 is 0.0287. The number of unbranched alkanes of at least 4 members (excludes halogenated alkanes) is 3. The predicted octanol–water partition coefficient (Wildman–Crippen LogP) is 1.86. The second kappa shape index (κ2) is 12.2. The average Bonchev–Trinajstić information content (AvgIpc) is 2.54.